The average Bonchev–Trinajstić information content (AvgIpc) is 4.03. The number of rotatable bonds is 6. The first-order valence-corrected chi connectivity index (χ1v) is 20.0. The van der Waals surface area contributed by atoms with Crippen LogP contribution in [0.2, 0.25) is 0 Å². The smallest absolute Gasteiger partial charge is 0.178 e. The van der Waals surface area contributed by atoms with Crippen molar-refractivity contribution in [3.63, 3.8) is 0 Å². The SMILES string of the molecule is C=C/C=C\c1c(C)c2ccccc2n1-c1cc(-n2c3ccccc3c3ccccc32)cc2c1oc1c2ccc2c3cc(-c4ccccc4)cc(-c4ccccc4)c3oc21. The van der Waals surface area contributed by atoms with E-state index in [1.54, 1.807) is 0 Å². The summed E-state index contributed by atoms with van der Waals surface area (Å²) < 4.78 is 19.0. The molecule has 0 bridgehead atoms. The number of furan rings is 2. The first kappa shape index (κ1) is 33.3. The minimum Gasteiger partial charge on any atom is -0.451 e. The lowest BCUT2D eigenvalue weighted by Gasteiger charge is -2.14. The van der Waals surface area contributed by atoms with Gasteiger partial charge in [0.15, 0.2) is 16.7 Å². The van der Waals surface area contributed by atoms with Gasteiger partial charge in [-0.15, -0.1) is 0 Å². The molecule has 0 fully saturated rings. The molecule has 0 amide bonds. The number of allylic oxidation sites excluding steroid dienone is 2. The molecule has 0 saturated heterocycles. The van der Waals surface area contributed by atoms with E-state index in [4.69, 9.17) is 8.83 Å². The predicted molar refractivity (Wildman–Crippen MR) is 247 cm³/mol. The fourth-order valence-corrected chi connectivity index (χ4v) is 9.40. The van der Waals surface area contributed by atoms with E-state index < -0.39 is 0 Å². The zero-order valence-corrected chi connectivity index (χ0v) is 32.3. The second kappa shape index (κ2) is 12.9. The van der Waals surface area contributed by atoms with Crippen molar-refractivity contribution in [2.24, 2.45) is 0 Å². The van der Waals surface area contributed by atoms with Crippen molar-refractivity contribution in [2.75, 3.05) is 0 Å². The maximum Gasteiger partial charge on any atom is 0.178 e. The molecule has 0 saturated carbocycles. The molecule has 4 heteroatoms. The van der Waals surface area contributed by atoms with Crippen LogP contribution in [0.3, 0.4) is 0 Å². The molecule has 0 atom stereocenters. The summed E-state index contributed by atoms with van der Waals surface area (Å²) in [5.41, 5.74) is 15.2. The molecule has 8 aromatic carbocycles. The van der Waals surface area contributed by atoms with Crippen LogP contribution < -0.4 is 0 Å². The van der Waals surface area contributed by atoms with Crippen molar-refractivity contribution in [1.29, 1.82) is 0 Å². The van der Waals surface area contributed by atoms with Crippen LogP contribution in [0.15, 0.2) is 197 Å². The fraction of sp³-hybridized carbons (Fsp3) is 0.0182. The number of nitrogens with zero attached hydrogens (tertiary/aromatic N) is 2. The van der Waals surface area contributed by atoms with Crippen LogP contribution in [0, 0.1) is 6.92 Å². The van der Waals surface area contributed by atoms with Gasteiger partial charge in [-0.1, -0.05) is 134 Å². The van der Waals surface area contributed by atoms with Crippen LogP contribution in [0.1, 0.15) is 11.3 Å². The monoisotopic (exact) mass is 756 g/mol. The van der Waals surface area contributed by atoms with Gasteiger partial charge in [-0.25, -0.2) is 0 Å². The quantitative estimate of drug-likeness (QED) is 0.158. The third-order valence-corrected chi connectivity index (χ3v) is 12.1. The van der Waals surface area contributed by atoms with Gasteiger partial charge < -0.3 is 18.0 Å². The third-order valence-electron chi connectivity index (χ3n) is 12.1. The van der Waals surface area contributed by atoms with Gasteiger partial charge in [-0.3, -0.25) is 0 Å². The molecular weight excluding hydrogens is 721 g/mol. The van der Waals surface area contributed by atoms with Crippen LogP contribution in [-0.2, 0) is 0 Å². The number of hydrogen-bond acceptors (Lipinski definition) is 2. The average molecular weight is 757 g/mol. The molecule has 59 heavy (non-hydrogen) atoms. The topological polar surface area (TPSA) is 36.1 Å². The van der Waals surface area contributed by atoms with E-state index in [-0.39, 0.29) is 0 Å². The van der Waals surface area contributed by atoms with Gasteiger partial charge in [0.1, 0.15) is 5.58 Å². The zero-order chi connectivity index (χ0) is 39.2. The number of aryl methyl sites for hydroxylation is 1. The summed E-state index contributed by atoms with van der Waals surface area (Å²) in [7, 11) is 0. The number of fused-ring (bicyclic) bond motifs is 11. The van der Waals surface area contributed by atoms with Gasteiger partial charge in [-0.2, -0.15) is 0 Å². The van der Waals surface area contributed by atoms with Gasteiger partial charge in [0.2, 0.25) is 0 Å². The summed E-state index contributed by atoms with van der Waals surface area (Å²) >= 11 is 0. The fourth-order valence-electron chi connectivity index (χ4n) is 9.40. The predicted octanol–water partition coefficient (Wildman–Crippen LogP) is 15.4. The van der Waals surface area contributed by atoms with Gasteiger partial charge in [0, 0.05) is 54.6 Å². The lowest BCUT2D eigenvalue weighted by Crippen LogP contribution is -2.01. The molecule has 4 heterocycles. The van der Waals surface area contributed by atoms with E-state index >= 15 is 0 Å². The third kappa shape index (κ3) is 4.90. The summed E-state index contributed by atoms with van der Waals surface area (Å²) in [6.45, 7) is 6.21. The van der Waals surface area contributed by atoms with Crippen molar-refractivity contribution in [3.05, 3.63) is 200 Å². The Kier molecular flexibility index (Phi) is 7.26. The van der Waals surface area contributed by atoms with Crippen molar-refractivity contribution < 1.29 is 8.83 Å². The van der Waals surface area contributed by atoms with Crippen molar-refractivity contribution in [1.82, 2.24) is 9.13 Å². The molecule has 4 nitrogen and oxygen atoms in total. The highest BCUT2D eigenvalue weighted by Gasteiger charge is 2.25. The summed E-state index contributed by atoms with van der Waals surface area (Å²) in [5.74, 6) is 0. The van der Waals surface area contributed by atoms with Gasteiger partial charge in [0.05, 0.1) is 22.2 Å². The summed E-state index contributed by atoms with van der Waals surface area (Å²) in [6, 6.07) is 60.6. The maximum atomic E-state index is 7.24. The molecule has 0 unspecified atom stereocenters. The minimum atomic E-state index is 0.728. The Morgan fingerprint density at radius 3 is 1.63 bits per heavy atom. The van der Waals surface area contributed by atoms with Crippen molar-refractivity contribution >= 4 is 82.7 Å². The molecular formula is C55H36N2O2. The zero-order valence-electron chi connectivity index (χ0n) is 32.3. The van der Waals surface area contributed by atoms with Crippen LogP contribution in [-0.4, -0.2) is 9.13 Å². The Morgan fingerprint density at radius 1 is 0.441 bits per heavy atom. The summed E-state index contributed by atoms with van der Waals surface area (Å²) in [6.07, 6.45) is 5.99. The van der Waals surface area contributed by atoms with Crippen LogP contribution in [0.5, 0.6) is 0 Å². The summed E-state index contributed by atoms with van der Waals surface area (Å²) in [4.78, 5) is 0. The minimum absolute atomic E-state index is 0.728. The number of para-hydroxylation sites is 3. The molecule has 0 radical (unpaired) electrons. The van der Waals surface area contributed by atoms with Gasteiger partial charge in [-0.05, 0) is 89.9 Å². The van der Waals surface area contributed by atoms with E-state index in [1.807, 2.05) is 12.2 Å². The number of hydrogen-bond donors (Lipinski definition) is 0. The molecule has 0 aliphatic rings. The van der Waals surface area contributed by atoms with E-state index in [0.717, 1.165) is 99.7 Å². The largest absolute Gasteiger partial charge is 0.451 e. The molecule has 12 aromatic rings. The van der Waals surface area contributed by atoms with E-state index in [9.17, 15) is 0 Å². The van der Waals surface area contributed by atoms with E-state index in [1.165, 1.54) is 21.7 Å². The Hall–Kier alpha value is -7.82. The lowest BCUT2D eigenvalue weighted by molar-refractivity contribution is 0.632. The maximum absolute atomic E-state index is 7.24. The molecule has 4 aromatic heterocycles. The standard InChI is InChI=1S/C55H36N2O2/c1-3-4-24-47-34(2)39-21-11-14-25-48(39)57(47)51-33-38(56-49-26-15-12-22-40(49)41-23-13-16-27-50(41)56)32-46-43-29-28-42-45-31-37(35-17-7-5-8-18-35)30-44(36-19-9-6-10-20-36)52(45)58-54(42)55(43)59-53(46)51/h3-33H,1H2,2H3/b24-4-. The first-order valence-electron chi connectivity index (χ1n) is 20.0. The summed E-state index contributed by atoms with van der Waals surface area (Å²) in [5, 5.41) is 7.69. The molecule has 0 aliphatic carbocycles. The molecule has 278 valence electrons. The van der Waals surface area contributed by atoms with Crippen LogP contribution in [0.25, 0.3) is 116 Å². The lowest BCUT2D eigenvalue weighted by atomic mass is 9.95. The van der Waals surface area contributed by atoms with Crippen LogP contribution in [0.4, 0.5) is 0 Å². The Morgan fingerprint density at radius 2 is 0.983 bits per heavy atom. The van der Waals surface area contributed by atoms with Crippen molar-refractivity contribution in [3.8, 4) is 33.6 Å². The Balaban J connectivity index is 1.22. The second-order valence-electron chi connectivity index (χ2n) is 15.3. The number of benzene rings is 8. The number of aromatic nitrogens is 2. The molecule has 0 aliphatic heterocycles. The van der Waals surface area contributed by atoms with Crippen LogP contribution >= 0.6 is 0 Å². The highest BCUT2D eigenvalue weighted by Crippen LogP contribution is 2.46. The van der Waals surface area contributed by atoms with Gasteiger partial charge >= 0.3 is 0 Å². The second-order valence-corrected chi connectivity index (χ2v) is 15.3. The first-order chi connectivity index (χ1) is 29.2. The van der Waals surface area contributed by atoms with E-state index in [0.29, 0.717) is 0 Å². The normalized spacial score (nSPS) is 12.2. The molecule has 0 spiro atoms. The van der Waals surface area contributed by atoms with Gasteiger partial charge in [0.25, 0.3) is 0 Å². The van der Waals surface area contributed by atoms with E-state index in [2.05, 4.69) is 199 Å². The highest BCUT2D eigenvalue weighted by molar-refractivity contribution is 6.22. The van der Waals surface area contributed by atoms with Crippen molar-refractivity contribution in [2.45, 2.75) is 6.92 Å². The highest BCUT2D eigenvalue weighted by atomic mass is 16.4. The molecule has 12 rings (SSSR count). The Bertz CT molecular complexity index is 3630. The molecule has 0 N–H and O–H groups in total. The Labute approximate surface area is 339 Å².